The molecule has 1 aliphatic rings. The molecule has 0 radical (unpaired) electrons. The number of hydrogen-bond acceptors (Lipinski definition) is 15. The Morgan fingerprint density at radius 2 is 1.33 bits per heavy atom. The molecule has 0 saturated carbocycles. The van der Waals surface area contributed by atoms with E-state index in [9.17, 15) is 58.8 Å². The van der Waals surface area contributed by atoms with Gasteiger partial charge in [0.25, 0.3) is 0 Å². The number of para-hydroxylation sites is 1. The molecule has 412 valence electrons. The van der Waals surface area contributed by atoms with E-state index in [2.05, 4.69) is 47.5 Å². The standard InChI is InChI=1S/C52H70N10O12S2/c1-28(2)55-38(22-31-12-6-5-7-13-31)46(67)59-41-26-75-76-27-42(50(71)62-44(30(4)64)52(73)74)60-51(72)43(29(3)63)61-45(66)37(16-10-11-21-53)56-48(69)40(24-33-25-54-36-15-9-8-14-35(33)36)58-47(68)39(57-49(41)70)23-32-17-19-34(65)20-18-32/h5-9,12-15,17-20,25,28-30,37-44,54-55,63-65H,10-11,16,21-24,26-27,53H2,1-4H3,(H,56,69)(H,57,70)(H,58,68)(H,59,67)(H,60,72)(H,61,66)(H,62,71)(H,73,74)/t29?,30-,37-,38+,39-,40+,41-,42-,43-,44-/m0/s1. The van der Waals surface area contributed by atoms with Crippen LogP contribution in [0.5, 0.6) is 5.75 Å². The summed E-state index contributed by atoms with van der Waals surface area (Å²) in [5, 5.41) is 63.4. The van der Waals surface area contributed by atoms with Gasteiger partial charge in [-0.1, -0.05) is 96.1 Å². The fourth-order valence-corrected chi connectivity index (χ4v) is 10.6. The first-order chi connectivity index (χ1) is 36.2. The molecular weight excluding hydrogens is 1020 g/mol. The number of phenolic OH excluding ortho intramolecular Hbond substituents is 1. The minimum atomic E-state index is -1.81. The van der Waals surface area contributed by atoms with Crippen LogP contribution in [0.4, 0.5) is 0 Å². The van der Waals surface area contributed by atoms with Crippen molar-refractivity contribution in [3.63, 3.8) is 0 Å². The van der Waals surface area contributed by atoms with Crippen LogP contribution in [-0.2, 0) is 57.6 Å². The number of H-pyrrole nitrogens is 1. The van der Waals surface area contributed by atoms with Gasteiger partial charge in [0, 0.05) is 47.5 Å². The smallest absolute Gasteiger partial charge is 0.328 e. The van der Waals surface area contributed by atoms with Gasteiger partial charge < -0.3 is 73.7 Å². The normalized spacial score (nSPS) is 22.1. The number of phenols is 1. The molecule has 4 aromatic rings. The molecule has 1 unspecified atom stereocenters. The molecule has 0 spiro atoms. The molecule has 1 aliphatic heterocycles. The number of aromatic hydroxyl groups is 1. The Morgan fingerprint density at radius 3 is 1.97 bits per heavy atom. The molecule has 15 N–H and O–H groups in total. The van der Waals surface area contributed by atoms with Gasteiger partial charge in [0.15, 0.2) is 6.04 Å². The molecule has 0 bridgehead atoms. The van der Waals surface area contributed by atoms with Crippen LogP contribution < -0.4 is 48.3 Å². The van der Waals surface area contributed by atoms with E-state index in [1.165, 1.54) is 19.1 Å². The third kappa shape index (κ3) is 18.3. The summed E-state index contributed by atoms with van der Waals surface area (Å²) in [4.78, 5) is 116. The molecule has 76 heavy (non-hydrogen) atoms. The van der Waals surface area contributed by atoms with E-state index in [0.29, 0.717) is 24.0 Å². The summed E-state index contributed by atoms with van der Waals surface area (Å²) in [6, 6.07) is 10.6. The highest BCUT2D eigenvalue weighted by Crippen LogP contribution is 2.25. The van der Waals surface area contributed by atoms with Gasteiger partial charge in [-0.25, -0.2) is 4.79 Å². The van der Waals surface area contributed by atoms with Gasteiger partial charge in [-0.3, -0.25) is 33.6 Å². The summed E-state index contributed by atoms with van der Waals surface area (Å²) in [6.07, 6.45) is -0.853. The molecule has 3 aromatic carbocycles. The number of carbonyl (C=O) groups is 8. The van der Waals surface area contributed by atoms with Gasteiger partial charge >= 0.3 is 5.97 Å². The lowest BCUT2D eigenvalue weighted by molar-refractivity contribution is -0.145. The Balaban J connectivity index is 1.61. The number of unbranched alkanes of at least 4 members (excludes halogenated alkanes) is 1. The van der Waals surface area contributed by atoms with E-state index < -0.39 is 108 Å². The number of fused-ring (bicyclic) bond motifs is 1. The molecule has 22 nitrogen and oxygen atoms in total. The van der Waals surface area contributed by atoms with Crippen molar-refractivity contribution >= 4 is 79.8 Å². The highest BCUT2D eigenvalue weighted by atomic mass is 33.1. The van der Waals surface area contributed by atoms with Crippen molar-refractivity contribution in [2.75, 3.05) is 18.1 Å². The van der Waals surface area contributed by atoms with Crippen molar-refractivity contribution in [3.8, 4) is 5.75 Å². The summed E-state index contributed by atoms with van der Waals surface area (Å²) in [5.74, 6) is -8.29. The van der Waals surface area contributed by atoms with Crippen LogP contribution in [0.1, 0.15) is 63.6 Å². The van der Waals surface area contributed by atoms with E-state index in [4.69, 9.17) is 5.73 Å². The minimum absolute atomic E-state index is 0.0168. The average Bonchev–Trinajstić information content (AvgIpc) is 3.79. The predicted octanol–water partition coefficient (Wildman–Crippen LogP) is 0.0318. The number of benzene rings is 3. The molecule has 1 saturated heterocycles. The number of carbonyl (C=O) groups excluding carboxylic acids is 7. The number of rotatable bonds is 19. The van der Waals surface area contributed by atoms with Crippen LogP contribution in [0, 0.1) is 0 Å². The third-order valence-corrected chi connectivity index (χ3v) is 14.8. The van der Waals surface area contributed by atoms with E-state index in [1.54, 1.807) is 24.4 Å². The molecule has 10 atom stereocenters. The first-order valence-corrected chi connectivity index (χ1v) is 27.5. The van der Waals surface area contributed by atoms with Crippen LogP contribution in [0.2, 0.25) is 0 Å². The van der Waals surface area contributed by atoms with Crippen molar-refractivity contribution in [2.45, 2.75) is 133 Å². The Kier molecular flexibility index (Phi) is 23.4. The molecule has 0 aliphatic carbocycles. The lowest BCUT2D eigenvalue weighted by Gasteiger charge is -2.29. The second-order valence-electron chi connectivity index (χ2n) is 18.9. The zero-order valence-electron chi connectivity index (χ0n) is 42.7. The van der Waals surface area contributed by atoms with Gasteiger partial charge in [-0.15, -0.1) is 0 Å². The summed E-state index contributed by atoms with van der Waals surface area (Å²) in [7, 11) is 1.92. The van der Waals surface area contributed by atoms with Crippen LogP contribution in [0.3, 0.4) is 0 Å². The van der Waals surface area contributed by atoms with E-state index >= 15 is 0 Å². The fraction of sp³-hybridized carbons (Fsp3) is 0.462. The number of amides is 7. The largest absolute Gasteiger partial charge is 0.508 e. The van der Waals surface area contributed by atoms with Crippen LogP contribution >= 0.6 is 21.6 Å². The average molecular weight is 1090 g/mol. The number of aliphatic hydroxyl groups excluding tert-OH is 2. The monoisotopic (exact) mass is 1090 g/mol. The lowest BCUT2D eigenvalue weighted by Crippen LogP contribution is -2.62. The quantitative estimate of drug-likeness (QED) is 0.0435. The fourth-order valence-electron chi connectivity index (χ4n) is 8.30. The van der Waals surface area contributed by atoms with Gasteiger partial charge in [-0.05, 0) is 81.0 Å². The number of carboxylic acid groups (broad SMARTS) is 1. The Bertz CT molecular complexity index is 2600. The number of aliphatic hydroxyl groups is 2. The molecule has 1 fully saturated rings. The summed E-state index contributed by atoms with van der Waals surface area (Å²) < 4.78 is 0. The summed E-state index contributed by atoms with van der Waals surface area (Å²) in [5.41, 5.74) is 8.46. The van der Waals surface area contributed by atoms with Crippen molar-refractivity contribution < 1.29 is 58.8 Å². The highest BCUT2D eigenvalue weighted by molar-refractivity contribution is 8.76. The van der Waals surface area contributed by atoms with E-state index in [0.717, 1.165) is 45.0 Å². The Morgan fingerprint density at radius 1 is 0.711 bits per heavy atom. The van der Waals surface area contributed by atoms with Gasteiger partial charge in [0.05, 0.1) is 18.2 Å². The number of nitrogens with two attached hydrogens (primary N) is 1. The van der Waals surface area contributed by atoms with Gasteiger partial charge in [0.1, 0.15) is 42.0 Å². The molecule has 2 heterocycles. The molecule has 1 aromatic heterocycles. The summed E-state index contributed by atoms with van der Waals surface area (Å²) in [6.45, 7) is 6.30. The highest BCUT2D eigenvalue weighted by Gasteiger charge is 2.37. The second-order valence-corrected chi connectivity index (χ2v) is 21.5. The summed E-state index contributed by atoms with van der Waals surface area (Å²) >= 11 is 0. The maximum absolute atomic E-state index is 14.9. The second kappa shape index (κ2) is 29.6. The maximum Gasteiger partial charge on any atom is 0.328 e. The third-order valence-electron chi connectivity index (χ3n) is 12.4. The predicted molar refractivity (Wildman–Crippen MR) is 288 cm³/mol. The number of aromatic amines is 1. The van der Waals surface area contributed by atoms with Crippen molar-refractivity contribution in [3.05, 3.63) is 102 Å². The van der Waals surface area contributed by atoms with E-state index in [-0.39, 0.29) is 55.5 Å². The molecule has 7 amide bonds. The number of nitrogens with one attached hydrogen (secondary N) is 9. The topological polar surface area (TPSA) is 356 Å². The van der Waals surface area contributed by atoms with Gasteiger partial charge in [0.2, 0.25) is 41.4 Å². The molecular formula is C52H70N10O12S2. The van der Waals surface area contributed by atoms with Crippen molar-refractivity contribution in [1.29, 1.82) is 0 Å². The first-order valence-electron chi connectivity index (χ1n) is 25.0. The van der Waals surface area contributed by atoms with Crippen LogP contribution in [-0.4, -0.2) is 157 Å². The number of aliphatic carboxylic acids is 1. The number of hydrogen-bond donors (Lipinski definition) is 14. The zero-order chi connectivity index (χ0) is 55.5. The van der Waals surface area contributed by atoms with Crippen LogP contribution in [0.25, 0.3) is 10.9 Å². The van der Waals surface area contributed by atoms with Crippen molar-refractivity contribution in [1.82, 2.24) is 47.5 Å². The lowest BCUT2D eigenvalue weighted by atomic mass is 10.0. The van der Waals surface area contributed by atoms with Crippen LogP contribution in [0.15, 0.2) is 85.1 Å². The SMILES string of the molecule is CC(C)N[C@H](Cc1ccccc1)C(=O)N[C@H]1CSSC[C@@H](C(=O)N[C@H](C(=O)O)[C@H](C)O)NC(=O)[C@H](C(C)O)NC(=O)[C@H](CCCCN)NC(=O)[C@@H](Cc2c[nH]c3ccccc23)NC(=O)[C@H](Cc2ccc(O)cc2)NC1=O. The van der Waals surface area contributed by atoms with E-state index in [1.807, 2.05) is 62.4 Å². The first kappa shape index (κ1) is 60.2. The maximum atomic E-state index is 14.9. The Labute approximate surface area is 448 Å². The number of aromatic nitrogens is 1. The number of carboxylic acids is 1. The molecule has 24 heteroatoms. The Hall–Kier alpha value is -6.70. The van der Waals surface area contributed by atoms with Crippen molar-refractivity contribution in [2.24, 2.45) is 5.73 Å². The molecule has 5 rings (SSSR count). The zero-order valence-corrected chi connectivity index (χ0v) is 44.4. The minimum Gasteiger partial charge on any atom is -0.508 e. The van der Waals surface area contributed by atoms with Gasteiger partial charge in [-0.2, -0.15) is 0 Å².